The first kappa shape index (κ1) is 17.3. The van der Waals surface area contributed by atoms with Crippen LogP contribution in [0.4, 0.5) is 5.13 Å². The molecule has 0 aliphatic heterocycles. The Labute approximate surface area is 160 Å². The summed E-state index contributed by atoms with van der Waals surface area (Å²) in [5, 5.41) is 0.645. The van der Waals surface area contributed by atoms with Crippen LogP contribution in [0.3, 0.4) is 0 Å². The van der Waals surface area contributed by atoms with E-state index in [1.165, 1.54) is 11.3 Å². The highest BCUT2D eigenvalue weighted by atomic mass is 32.1. The summed E-state index contributed by atoms with van der Waals surface area (Å²) in [6.45, 7) is 2.83. The zero-order valence-electron chi connectivity index (χ0n) is 14.8. The smallest absolute Gasteiger partial charge is 0.260 e. The van der Waals surface area contributed by atoms with Crippen LogP contribution in [0.15, 0.2) is 71.3 Å². The molecule has 0 radical (unpaired) electrons. The molecule has 0 unspecified atom stereocenters. The topological polar surface area (TPSA) is 55.6 Å². The molecule has 2 heterocycles. The van der Waals surface area contributed by atoms with Crippen molar-refractivity contribution < 1.29 is 13.9 Å². The van der Waals surface area contributed by atoms with Crippen LogP contribution in [-0.2, 0) is 6.54 Å². The molecule has 0 saturated carbocycles. The van der Waals surface area contributed by atoms with Gasteiger partial charge >= 0.3 is 0 Å². The summed E-state index contributed by atoms with van der Waals surface area (Å²) < 4.78 is 12.0. The van der Waals surface area contributed by atoms with E-state index in [0.717, 1.165) is 16.0 Å². The second-order valence-electron chi connectivity index (χ2n) is 5.89. The summed E-state index contributed by atoms with van der Waals surface area (Å²) >= 11 is 1.49. The Kier molecular flexibility index (Phi) is 4.89. The first-order valence-electron chi connectivity index (χ1n) is 8.67. The Hall–Kier alpha value is -3.12. The molecule has 0 spiro atoms. The summed E-state index contributed by atoms with van der Waals surface area (Å²) in [5.74, 6) is 1.31. The predicted molar refractivity (Wildman–Crippen MR) is 106 cm³/mol. The lowest BCUT2D eigenvalue weighted by Gasteiger charge is -2.19. The van der Waals surface area contributed by atoms with Crippen LogP contribution < -0.4 is 9.64 Å². The van der Waals surface area contributed by atoms with Gasteiger partial charge in [-0.2, -0.15) is 0 Å². The molecule has 4 rings (SSSR count). The molecule has 0 aliphatic carbocycles. The predicted octanol–water partition coefficient (Wildman–Crippen LogP) is 5.14. The van der Waals surface area contributed by atoms with E-state index in [2.05, 4.69) is 4.98 Å². The largest absolute Gasteiger partial charge is 0.494 e. The Morgan fingerprint density at radius 3 is 2.63 bits per heavy atom. The van der Waals surface area contributed by atoms with Crippen molar-refractivity contribution in [2.24, 2.45) is 0 Å². The zero-order valence-corrected chi connectivity index (χ0v) is 15.6. The van der Waals surface area contributed by atoms with Crippen molar-refractivity contribution in [3.05, 3.63) is 78.3 Å². The third kappa shape index (κ3) is 3.71. The van der Waals surface area contributed by atoms with Crippen LogP contribution in [0, 0.1) is 0 Å². The van der Waals surface area contributed by atoms with Gasteiger partial charge in [-0.05, 0) is 55.5 Å². The van der Waals surface area contributed by atoms with Gasteiger partial charge in [0.2, 0.25) is 0 Å². The number of nitrogens with zero attached hydrogens (tertiary/aromatic N) is 2. The van der Waals surface area contributed by atoms with E-state index < -0.39 is 0 Å². The summed E-state index contributed by atoms with van der Waals surface area (Å²) in [6, 6.07) is 18.7. The highest BCUT2D eigenvalue weighted by molar-refractivity contribution is 7.22. The number of thiazole rings is 1. The second kappa shape index (κ2) is 7.63. The van der Waals surface area contributed by atoms with E-state index in [1.807, 2.05) is 43.3 Å². The van der Waals surface area contributed by atoms with E-state index in [1.54, 1.807) is 35.4 Å². The Bertz CT molecular complexity index is 1010. The molecule has 2 aromatic heterocycles. The molecule has 1 amide bonds. The third-order valence-electron chi connectivity index (χ3n) is 4.06. The van der Waals surface area contributed by atoms with Crippen molar-refractivity contribution in [2.45, 2.75) is 13.5 Å². The fourth-order valence-electron chi connectivity index (χ4n) is 2.78. The number of fused-ring (bicyclic) bond motifs is 1. The number of rotatable bonds is 6. The van der Waals surface area contributed by atoms with Gasteiger partial charge in [0.05, 0.1) is 29.6 Å². The first-order valence-corrected chi connectivity index (χ1v) is 9.49. The molecule has 0 atom stereocenters. The van der Waals surface area contributed by atoms with Gasteiger partial charge in [-0.3, -0.25) is 9.69 Å². The number of aromatic nitrogens is 1. The van der Waals surface area contributed by atoms with Gasteiger partial charge in [0, 0.05) is 5.56 Å². The SMILES string of the molecule is CCOc1ccc(C(=O)N(Cc2ccco2)c2nc3ccccc3s2)cc1. The molecule has 2 aromatic carbocycles. The number of benzene rings is 2. The number of carbonyl (C=O) groups excluding carboxylic acids is 1. The third-order valence-corrected chi connectivity index (χ3v) is 5.12. The van der Waals surface area contributed by atoms with Gasteiger partial charge < -0.3 is 9.15 Å². The van der Waals surface area contributed by atoms with Gasteiger partial charge in [-0.25, -0.2) is 4.98 Å². The quantitative estimate of drug-likeness (QED) is 0.466. The maximum Gasteiger partial charge on any atom is 0.260 e. The van der Waals surface area contributed by atoms with Crippen LogP contribution in [0.2, 0.25) is 0 Å². The lowest BCUT2D eigenvalue weighted by molar-refractivity contribution is 0.0983. The molecule has 0 aliphatic rings. The lowest BCUT2D eigenvalue weighted by Crippen LogP contribution is -2.30. The Balaban J connectivity index is 1.69. The highest BCUT2D eigenvalue weighted by Crippen LogP contribution is 2.31. The average Bonchev–Trinajstić information content (AvgIpc) is 3.35. The maximum atomic E-state index is 13.2. The number of carbonyl (C=O) groups is 1. The van der Waals surface area contributed by atoms with Gasteiger partial charge in [0.1, 0.15) is 11.5 Å². The Morgan fingerprint density at radius 2 is 1.93 bits per heavy atom. The molecule has 4 aromatic rings. The summed E-state index contributed by atoms with van der Waals surface area (Å²) in [6.07, 6.45) is 1.60. The molecule has 6 heteroatoms. The van der Waals surface area contributed by atoms with Crippen LogP contribution in [0.1, 0.15) is 23.0 Å². The molecule has 0 N–H and O–H groups in total. The van der Waals surface area contributed by atoms with Crippen LogP contribution in [-0.4, -0.2) is 17.5 Å². The van der Waals surface area contributed by atoms with E-state index >= 15 is 0 Å². The van der Waals surface area contributed by atoms with Crippen molar-refractivity contribution in [1.29, 1.82) is 0 Å². The van der Waals surface area contributed by atoms with Gasteiger partial charge in [-0.15, -0.1) is 0 Å². The maximum absolute atomic E-state index is 13.2. The van der Waals surface area contributed by atoms with Crippen LogP contribution in [0.5, 0.6) is 5.75 Å². The summed E-state index contributed by atoms with van der Waals surface area (Å²) in [5.41, 5.74) is 1.45. The molecule has 136 valence electrons. The van der Waals surface area contributed by atoms with Crippen molar-refractivity contribution >= 4 is 32.6 Å². The highest BCUT2D eigenvalue weighted by Gasteiger charge is 2.22. The molecule has 5 nitrogen and oxygen atoms in total. The van der Waals surface area contributed by atoms with Crippen LogP contribution >= 0.6 is 11.3 Å². The van der Waals surface area contributed by atoms with Crippen molar-refractivity contribution in [2.75, 3.05) is 11.5 Å². The van der Waals surface area contributed by atoms with E-state index in [-0.39, 0.29) is 5.91 Å². The summed E-state index contributed by atoms with van der Waals surface area (Å²) in [7, 11) is 0. The van der Waals surface area contributed by atoms with Crippen molar-refractivity contribution in [1.82, 2.24) is 4.98 Å². The van der Waals surface area contributed by atoms with Gasteiger partial charge in [-0.1, -0.05) is 23.5 Å². The number of para-hydroxylation sites is 1. The minimum Gasteiger partial charge on any atom is -0.494 e. The first-order chi connectivity index (χ1) is 13.2. The number of furan rings is 1. The summed E-state index contributed by atoms with van der Waals surface area (Å²) in [4.78, 5) is 19.5. The van der Waals surface area contributed by atoms with E-state index in [9.17, 15) is 4.79 Å². The fraction of sp³-hybridized carbons (Fsp3) is 0.143. The fourth-order valence-corrected chi connectivity index (χ4v) is 3.74. The number of hydrogen-bond acceptors (Lipinski definition) is 5. The number of ether oxygens (including phenoxy) is 1. The second-order valence-corrected chi connectivity index (χ2v) is 6.90. The lowest BCUT2D eigenvalue weighted by atomic mass is 10.2. The number of anilines is 1. The average molecular weight is 378 g/mol. The minimum absolute atomic E-state index is 0.131. The monoisotopic (exact) mass is 378 g/mol. The minimum atomic E-state index is -0.131. The normalized spacial score (nSPS) is 10.9. The standard InChI is InChI=1S/C21H18N2O3S/c1-2-25-16-11-9-15(10-12-16)20(24)23(14-17-6-5-13-26-17)21-22-18-7-3-4-8-19(18)27-21/h3-13H,2,14H2,1H3. The molecule has 27 heavy (non-hydrogen) atoms. The zero-order chi connectivity index (χ0) is 18.6. The van der Waals surface area contributed by atoms with Gasteiger partial charge in [0.15, 0.2) is 5.13 Å². The number of hydrogen-bond donors (Lipinski definition) is 0. The Morgan fingerprint density at radius 1 is 1.11 bits per heavy atom. The van der Waals surface area contributed by atoms with Crippen molar-refractivity contribution in [3.63, 3.8) is 0 Å². The molecular formula is C21H18N2O3S. The van der Waals surface area contributed by atoms with E-state index in [0.29, 0.717) is 29.6 Å². The van der Waals surface area contributed by atoms with E-state index in [4.69, 9.17) is 9.15 Å². The van der Waals surface area contributed by atoms with Crippen molar-refractivity contribution in [3.8, 4) is 5.75 Å². The molecule has 0 fully saturated rings. The van der Waals surface area contributed by atoms with Crippen LogP contribution in [0.25, 0.3) is 10.2 Å². The molecular weight excluding hydrogens is 360 g/mol. The van der Waals surface area contributed by atoms with Gasteiger partial charge in [0.25, 0.3) is 5.91 Å². The molecule has 0 bridgehead atoms. The molecule has 0 saturated heterocycles. The number of amides is 1.